The molecule has 1 fully saturated rings. The van der Waals surface area contributed by atoms with Gasteiger partial charge >= 0.3 is 0 Å². The molecule has 2 heterocycles. The quantitative estimate of drug-likeness (QED) is 0.633. The molecular formula is C24H28ClN3O. The van der Waals surface area contributed by atoms with Gasteiger partial charge in [-0.15, -0.1) is 0 Å². The number of para-hydroxylation sites is 1. The average molecular weight is 410 g/mol. The SMILES string of the molecule is CC(C)N1CCC(CNC(=O)c2cc3ccccc3n2-c2cccc(Cl)c2)CC1. The van der Waals surface area contributed by atoms with Gasteiger partial charge in [0.25, 0.3) is 5.91 Å². The minimum absolute atomic E-state index is 0.0348. The van der Waals surface area contributed by atoms with Crippen LogP contribution >= 0.6 is 11.6 Å². The molecule has 1 aromatic heterocycles. The highest BCUT2D eigenvalue weighted by Crippen LogP contribution is 2.26. The summed E-state index contributed by atoms with van der Waals surface area (Å²) in [6, 6.07) is 18.3. The number of carbonyl (C=O) groups is 1. The number of fused-ring (bicyclic) bond motifs is 1. The second-order valence-electron chi connectivity index (χ2n) is 8.19. The topological polar surface area (TPSA) is 37.3 Å². The first kappa shape index (κ1) is 20.0. The minimum atomic E-state index is -0.0348. The number of hydrogen-bond donors (Lipinski definition) is 1. The Morgan fingerprint density at radius 2 is 1.86 bits per heavy atom. The van der Waals surface area contributed by atoms with Gasteiger partial charge in [0.2, 0.25) is 0 Å². The van der Waals surface area contributed by atoms with Crippen molar-refractivity contribution >= 4 is 28.4 Å². The van der Waals surface area contributed by atoms with E-state index in [9.17, 15) is 4.79 Å². The van der Waals surface area contributed by atoms with E-state index in [0.29, 0.717) is 22.7 Å². The molecule has 0 saturated carbocycles. The van der Waals surface area contributed by atoms with Gasteiger partial charge in [-0.3, -0.25) is 4.79 Å². The number of rotatable bonds is 5. The largest absolute Gasteiger partial charge is 0.350 e. The summed E-state index contributed by atoms with van der Waals surface area (Å²) in [5.74, 6) is 0.505. The van der Waals surface area contributed by atoms with Crippen LogP contribution in [-0.2, 0) is 0 Å². The summed E-state index contributed by atoms with van der Waals surface area (Å²) in [5.41, 5.74) is 2.55. The van der Waals surface area contributed by atoms with Gasteiger partial charge in [-0.1, -0.05) is 35.9 Å². The molecule has 0 aliphatic carbocycles. The summed E-state index contributed by atoms with van der Waals surface area (Å²) in [6.45, 7) is 7.44. The summed E-state index contributed by atoms with van der Waals surface area (Å²) in [6.07, 6.45) is 2.27. The van der Waals surface area contributed by atoms with Crippen molar-refractivity contribution in [2.45, 2.75) is 32.7 Å². The number of carbonyl (C=O) groups excluding carboxylic acids is 1. The van der Waals surface area contributed by atoms with Crippen LogP contribution in [0.25, 0.3) is 16.6 Å². The van der Waals surface area contributed by atoms with E-state index in [1.54, 1.807) is 0 Å². The Morgan fingerprint density at radius 3 is 2.59 bits per heavy atom. The van der Waals surface area contributed by atoms with Gasteiger partial charge in [-0.2, -0.15) is 0 Å². The van der Waals surface area contributed by atoms with Gasteiger partial charge in [-0.25, -0.2) is 0 Å². The van der Waals surface area contributed by atoms with E-state index < -0.39 is 0 Å². The van der Waals surface area contributed by atoms with E-state index in [-0.39, 0.29) is 5.91 Å². The fourth-order valence-electron chi connectivity index (χ4n) is 4.22. The number of amides is 1. The highest BCUT2D eigenvalue weighted by atomic mass is 35.5. The molecular weight excluding hydrogens is 382 g/mol. The number of nitrogens with one attached hydrogen (secondary N) is 1. The number of nitrogens with zero attached hydrogens (tertiary/aromatic N) is 2. The number of benzene rings is 2. The lowest BCUT2D eigenvalue weighted by atomic mass is 9.96. The van der Waals surface area contributed by atoms with Crippen LogP contribution in [0.4, 0.5) is 0 Å². The summed E-state index contributed by atoms with van der Waals surface area (Å²) in [4.78, 5) is 15.6. The van der Waals surface area contributed by atoms with Crippen molar-refractivity contribution in [1.82, 2.24) is 14.8 Å². The van der Waals surface area contributed by atoms with Gasteiger partial charge in [0, 0.05) is 28.7 Å². The van der Waals surface area contributed by atoms with E-state index in [1.807, 2.05) is 59.2 Å². The zero-order valence-electron chi connectivity index (χ0n) is 17.1. The van der Waals surface area contributed by atoms with Crippen molar-refractivity contribution < 1.29 is 4.79 Å². The lowest BCUT2D eigenvalue weighted by molar-refractivity contribution is 0.0923. The van der Waals surface area contributed by atoms with E-state index in [1.165, 1.54) is 0 Å². The van der Waals surface area contributed by atoms with Crippen molar-refractivity contribution in [2.24, 2.45) is 5.92 Å². The Bertz CT molecular complexity index is 1000. The van der Waals surface area contributed by atoms with Gasteiger partial charge in [0.05, 0.1) is 5.52 Å². The second kappa shape index (κ2) is 8.60. The van der Waals surface area contributed by atoms with Crippen LogP contribution in [0.1, 0.15) is 37.2 Å². The second-order valence-corrected chi connectivity index (χ2v) is 8.62. The molecule has 0 atom stereocenters. The molecule has 2 aromatic carbocycles. The standard InChI is InChI=1S/C24H28ClN3O/c1-17(2)27-12-10-18(11-13-27)16-26-24(29)23-14-19-6-3-4-9-22(19)28(23)21-8-5-7-20(25)15-21/h3-9,14-15,17-18H,10-13,16H2,1-2H3,(H,26,29). The highest BCUT2D eigenvalue weighted by molar-refractivity contribution is 6.30. The zero-order valence-corrected chi connectivity index (χ0v) is 17.8. The van der Waals surface area contributed by atoms with Crippen LogP contribution in [0.2, 0.25) is 5.02 Å². The minimum Gasteiger partial charge on any atom is -0.350 e. The van der Waals surface area contributed by atoms with Crippen LogP contribution in [0.3, 0.4) is 0 Å². The third-order valence-corrected chi connectivity index (χ3v) is 6.18. The fraction of sp³-hybridized carbons (Fsp3) is 0.375. The molecule has 0 bridgehead atoms. The highest BCUT2D eigenvalue weighted by Gasteiger charge is 2.22. The van der Waals surface area contributed by atoms with Gasteiger partial charge in [0.15, 0.2) is 0 Å². The Morgan fingerprint density at radius 1 is 1.10 bits per heavy atom. The predicted molar refractivity (Wildman–Crippen MR) is 120 cm³/mol. The van der Waals surface area contributed by atoms with E-state index in [4.69, 9.17) is 11.6 Å². The maximum atomic E-state index is 13.1. The van der Waals surface area contributed by atoms with Gasteiger partial charge < -0.3 is 14.8 Å². The Balaban J connectivity index is 1.54. The Kier molecular flexibility index (Phi) is 5.93. The van der Waals surface area contributed by atoms with Crippen molar-refractivity contribution in [2.75, 3.05) is 19.6 Å². The predicted octanol–water partition coefficient (Wildman–Crippen LogP) is 5.13. The molecule has 1 amide bonds. The summed E-state index contributed by atoms with van der Waals surface area (Å²) in [7, 11) is 0. The molecule has 1 saturated heterocycles. The molecule has 29 heavy (non-hydrogen) atoms. The molecule has 3 aromatic rings. The fourth-order valence-corrected chi connectivity index (χ4v) is 4.40. The smallest absolute Gasteiger partial charge is 0.268 e. The molecule has 4 rings (SSSR count). The number of hydrogen-bond acceptors (Lipinski definition) is 2. The van der Waals surface area contributed by atoms with Gasteiger partial charge in [-0.05, 0) is 76.0 Å². The first-order valence-electron chi connectivity index (χ1n) is 10.4. The lowest BCUT2D eigenvalue weighted by Gasteiger charge is -2.34. The normalized spacial score (nSPS) is 15.9. The molecule has 0 radical (unpaired) electrons. The molecule has 152 valence electrons. The Hall–Kier alpha value is -2.30. The number of piperidine rings is 1. The van der Waals surface area contributed by atoms with Crippen molar-refractivity contribution in [3.8, 4) is 5.69 Å². The first-order valence-corrected chi connectivity index (χ1v) is 10.8. The first-order chi connectivity index (χ1) is 14.0. The number of likely N-dealkylation sites (tertiary alicyclic amines) is 1. The number of halogens is 1. The van der Waals surface area contributed by atoms with E-state index in [0.717, 1.165) is 49.1 Å². The third kappa shape index (κ3) is 4.34. The third-order valence-electron chi connectivity index (χ3n) is 5.94. The van der Waals surface area contributed by atoms with Crippen LogP contribution in [0.15, 0.2) is 54.6 Å². The van der Waals surface area contributed by atoms with Crippen molar-refractivity contribution in [3.63, 3.8) is 0 Å². The molecule has 1 aliphatic rings. The van der Waals surface area contributed by atoms with E-state index in [2.05, 4.69) is 24.1 Å². The van der Waals surface area contributed by atoms with Crippen LogP contribution in [0, 0.1) is 5.92 Å². The molecule has 1 aliphatic heterocycles. The van der Waals surface area contributed by atoms with Crippen molar-refractivity contribution in [3.05, 3.63) is 65.3 Å². The zero-order chi connectivity index (χ0) is 20.4. The monoisotopic (exact) mass is 409 g/mol. The lowest BCUT2D eigenvalue weighted by Crippen LogP contribution is -2.41. The molecule has 0 unspecified atom stereocenters. The van der Waals surface area contributed by atoms with E-state index >= 15 is 0 Å². The molecule has 4 nitrogen and oxygen atoms in total. The Labute approximate surface area is 177 Å². The molecule has 5 heteroatoms. The van der Waals surface area contributed by atoms with Crippen LogP contribution < -0.4 is 5.32 Å². The van der Waals surface area contributed by atoms with Crippen molar-refractivity contribution in [1.29, 1.82) is 0 Å². The summed E-state index contributed by atoms with van der Waals surface area (Å²) in [5, 5.41) is 4.89. The molecule has 1 N–H and O–H groups in total. The molecule has 0 spiro atoms. The maximum Gasteiger partial charge on any atom is 0.268 e. The summed E-state index contributed by atoms with van der Waals surface area (Å²) < 4.78 is 2.00. The van der Waals surface area contributed by atoms with Crippen LogP contribution in [0.5, 0.6) is 0 Å². The average Bonchev–Trinajstić information content (AvgIpc) is 3.12. The van der Waals surface area contributed by atoms with Crippen LogP contribution in [-0.4, -0.2) is 41.1 Å². The summed E-state index contributed by atoms with van der Waals surface area (Å²) >= 11 is 6.22. The maximum absolute atomic E-state index is 13.1. The number of aromatic nitrogens is 1. The van der Waals surface area contributed by atoms with Gasteiger partial charge in [0.1, 0.15) is 5.69 Å².